The van der Waals surface area contributed by atoms with Gasteiger partial charge in [0.2, 0.25) is 0 Å². The smallest absolute Gasteiger partial charge is 0.326 e. The molecule has 0 bridgehead atoms. The first-order valence-corrected chi connectivity index (χ1v) is 13.4. The highest BCUT2D eigenvalue weighted by atomic mass is 32.2. The molecule has 2 heterocycles. The van der Waals surface area contributed by atoms with Crippen LogP contribution >= 0.6 is 11.3 Å². The van der Waals surface area contributed by atoms with Crippen LogP contribution in [-0.4, -0.2) is 48.1 Å². The number of rotatable bonds is 10. The molecule has 2 aromatic carbocycles. The highest BCUT2D eigenvalue weighted by Crippen LogP contribution is 2.35. The van der Waals surface area contributed by atoms with Crippen molar-refractivity contribution in [1.82, 2.24) is 8.87 Å². The summed E-state index contributed by atoms with van der Waals surface area (Å²) >= 11 is 1.31. The Balaban J connectivity index is 1.50. The SMILES string of the molecule is CCCN(CCOc1ccc2c(ccn2C(C)C(=O)O)c1)S(=O)(=O)c1sc2ccccc2c1C. The summed E-state index contributed by atoms with van der Waals surface area (Å²) in [6.45, 7) is 6.30. The van der Waals surface area contributed by atoms with Gasteiger partial charge in [0.05, 0.1) is 0 Å². The number of aliphatic carboxylic acids is 1. The van der Waals surface area contributed by atoms with Crippen molar-refractivity contribution in [2.75, 3.05) is 19.7 Å². The van der Waals surface area contributed by atoms with Crippen molar-refractivity contribution in [3.8, 4) is 5.75 Å². The van der Waals surface area contributed by atoms with Crippen LogP contribution in [0.25, 0.3) is 21.0 Å². The summed E-state index contributed by atoms with van der Waals surface area (Å²) in [5.41, 5.74) is 1.59. The number of carboxylic acids is 1. The first-order chi connectivity index (χ1) is 16.2. The van der Waals surface area contributed by atoms with Gasteiger partial charge in [0.25, 0.3) is 10.0 Å². The third-order valence-corrected chi connectivity index (χ3v) is 9.69. The number of hydrogen-bond donors (Lipinski definition) is 1. The van der Waals surface area contributed by atoms with Crippen molar-refractivity contribution in [2.24, 2.45) is 0 Å². The molecule has 1 atom stereocenters. The van der Waals surface area contributed by atoms with E-state index in [-0.39, 0.29) is 13.2 Å². The summed E-state index contributed by atoms with van der Waals surface area (Å²) in [7, 11) is -3.65. The number of benzene rings is 2. The van der Waals surface area contributed by atoms with E-state index in [1.807, 2.05) is 56.3 Å². The second-order valence-corrected chi connectivity index (χ2v) is 11.4. The van der Waals surface area contributed by atoms with Crippen molar-refractivity contribution in [2.45, 2.75) is 37.4 Å². The maximum absolute atomic E-state index is 13.5. The van der Waals surface area contributed by atoms with Gasteiger partial charge in [-0.25, -0.2) is 13.2 Å². The van der Waals surface area contributed by atoms with Crippen molar-refractivity contribution in [3.05, 3.63) is 60.3 Å². The number of aromatic nitrogens is 1. The van der Waals surface area contributed by atoms with Crippen molar-refractivity contribution >= 4 is 48.3 Å². The van der Waals surface area contributed by atoms with E-state index in [0.717, 1.165) is 26.6 Å². The molecule has 34 heavy (non-hydrogen) atoms. The second-order valence-electron chi connectivity index (χ2n) is 8.22. The zero-order valence-corrected chi connectivity index (χ0v) is 21.0. The molecule has 0 aliphatic rings. The van der Waals surface area contributed by atoms with E-state index in [4.69, 9.17) is 4.74 Å². The molecule has 9 heteroatoms. The number of carbonyl (C=O) groups is 1. The minimum atomic E-state index is -3.65. The van der Waals surface area contributed by atoms with Gasteiger partial charge in [0.1, 0.15) is 22.6 Å². The van der Waals surface area contributed by atoms with E-state index >= 15 is 0 Å². The van der Waals surface area contributed by atoms with Crippen LogP contribution in [0.3, 0.4) is 0 Å². The van der Waals surface area contributed by atoms with E-state index in [9.17, 15) is 18.3 Å². The fourth-order valence-electron chi connectivity index (χ4n) is 4.07. The van der Waals surface area contributed by atoms with E-state index in [1.165, 1.54) is 15.6 Å². The van der Waals surface area contributed by atoms with Crippen LogP contribution in [-0.2, 0) is 14.8 Å². The highest BCUT2D eigenvalue weighted by molar-refractivity contribution is 7.91. The van der Waals surface area contributed by atoms with Gasteiger partial charge in [-0.3, -0.25) is 0 Å². The van der Waals surface area contributed by atoms with Crippen molar-refractivity contribution in [1.29, 1.82) is 0 Å². The number of fused-ring (bicyclic) bond motifs is 2. The quantitative estimate of drug-likeness (QED) is 0.320. The summed E-state index contributed by atoms with van der Waals surface area (Å²) in [6, 6.07) is 14.4. The minimum absolute atomic E-state index is 0.209. The summed E-state index contributed by atoms with van der Waals surface area (Å²) in [5, 5.41) is 11.1. The van der Waals surface area contributed by atoms with Crippen LogP contribution in [0.1, 0.15) is 31.9 Å². The molecule has 1 unspecified atom stereocenters. The summed E-state index contributed by atoms with van der Waals surface area (Å²) in [4.78, 5) is 11.3. The predicted molar refractivity (Wildman–Crippen MR) is 135 cm³/mol. The molecule has 2 aromatic heterocycles. The summed E-state index contributed by atoms with van der Waals surface area (Å²) in [5.74, 6) is -0.288. The van der Waals surface area contributed by atoms with E-state index in [2.05, 4.69) is 0 Å². The van der Waals surface area contributed by atoms with Gasteiger partial charge in [-0.1, -0.05) is 25.1 Å². The lowest BCUT2D eigenvalue weighted by Crippen LogP contribution is -2.35. The monoisotopic (exact) mass is 500 g/mol. The third kappa shape index (κ3) is 4.55. The Hall–Kier alpha value is -2.88. The number of sulfonamides is 1. The van der Waals surface area contributed by atoms with E-state index in [1.54, 1.807) is 23.8 Å². The fraction of sp³-hybridized carbons (Fsp3) is 0.320. The molecule has 0 saturated heterocycles. The number of aryl methyl sites for hydroxylation is 1. The molecule has 0 radical (unpaired) electrons. The van der Waals surface area contributed by atoms with Gasteiger partial charge < -0.3 is 14.4 Å². The number of thiophene rings is 1. The first-order valence-electron chi connectivity index (χ1n) is 11.2. The molecular weight excluding hydrogens is 472 g/mol. The van der Waals surface area contributed by atoms with Crippen LogP contribution < -0.4 is 4.74 Å². The molecule has 0 aliphatic carbocycles. The number of carboxylic acid groups (broad SMARTS) is 1. The van der Waals surface area contributed by atoms with Crippen LogP contribution in [0.4, 0.5) is 0 Å². The molecule has 4 rings (SSSR count). The van der Waals surface area contributed by atoms with Crippen LogP contribution in [0, 0.1) is 6.92 Å². The van der Waals surface area contributed by atoms with Crippen molar-refractivity contribution in [3.63, 3.8) is 0 Å². The van der Waals surface area contributed by atoms with E-state index in [0.29, 0.717) is 22.9 Å². The molecular formula is C25H28N2O5S2. The predicted octanol–water partition coefficient (Wildman–Crippen LogP) is 5.29. The van der Waals surface area contributed by atoms with Crippen molar-refractivity contribution < 1.29 is 23.1 Å². The molecule has 1 N–H and O–H groups in total. The van der Waals surface area contributed by atoms with Gasteiger partial charge in [-0.05, 0) is 61.5 Å². The molecule has 0 amide bonds. The maximum atomic E-state index is 13.5. The van der Waals surface area contributed by atoms with Gasteiger partial charge in [0, 0.05) is 34.9 Å². The van der Waals surface area contributed by atoms with Crippen LogP contribution in [0.2, 0.25) is 0 Å². The van der Waals surface area contributed by atoms with Gasteiger partial charge >= 0.3 is 5.97 Å². The van der Waals surface area contributed by atoms with Crippen LogP contribution in [0.5, 0.6) is 5.75 Å². The Morgan fingerprint density at radius 2 is 1.94 bits per heavy atom. The third-order valence-electron chi connectivity index (χ3n) is 5.92. The molecule has 0 saturated carbocycles. The maximum Gasteiger partial charge on any atom is 0.326 e. The lowest BCUT2D eigenvalue weighted by molar-refractivity contribution is -0.140. The Morgan fingerprint density at radius 3 is 2.65 bits per heavy atom. The lowest BCUT2D eigenvalue weighted by atomic mass is 10.2. The molecule has 0 fully saturated rings. The van der Waals surface area contributed by atoms with Gasteiger partial charge in [-0.15, -0.1) is 11.3 Å². The number of hydrogen-bond acceptors (Lipinski definition) is 5. The Kier molecular flexibility index (Phi) is 6.97. The number of ether oxygens (including phenoxy) is 1. The average Bonchev–Trinajstić information content (AvgIpc) is 3.39. The van der Waals surface area contributed by atoms with Crippen LogP contribution in [0.15, 0.2) is 58.9 Å². The van der Waals surface area contributed by atoms with E-state index < -0.39 is 22.0 Å². The fourth-order valence-corrected chi connectivity index (χ4v) is 7.49. The zero-order valence-electron chi connectivity index (χ0n) is 19.4. The second kappa shape index (κ2) is 9.77. The Labute approximate surface area is 203 Å². The zero-order chi connectivity index (χ0) is 24.5. The Bertz CT molecular complexity index is 1440. The molecule has 7 nitrogen and oxygen atoms in total. The summed E-state index contributed by atoms with van der Waals surface area (Å²) in [6.07, 6.45) is 2.44. The Morgan fingerprint density at radius 1 is 1.18 bits per heavy atom. The minimum Gasteiger partial charge on any atom is -0.492 e. The molecule has 180 valence electrons. The molecule has 0 aliphatic heterocycles. The first kappa shape index (κ1) is 24.3. The topological polar surface area (TPSA) is 88.8 Å². The lowest BCUT2D eigenvalue weighted by Gasteiger charge is -2.21. The standard InChI is InChI=1S/C25H28N2O5S2/c1-4-12-26(34(30,31)25-17(2)21-7-5-6-8-23(21)33-25)14-15-32-20-9-10-22-19(16-20)11-13-27(22)18(3)24(28)29/h5-11,13,16,18H,4,12,14-15H2,1-3H3,(H,28,29). The summed E-state index contributed by atoms with van der Waals surface area (Å²) < 4.78 is 37.4. The normalized spacial score (nSPS) is 13.1. The highest BCUT2D eigenvalue weighted by Gasteiger charge is 2.28. The largest absolute Gasteiger partial charge is 0.492 e. The average molecular weight is 501 g/mol. The molecule has 0 spiro atoms. The van der Waals surface area contributed by atoms with Gasteiger partial charge in [-0.2, -0.15) is 4.31 Å². The number of nitrogens with zero attached hydrogens (tertiary/aromatic N) is 2. The van der Waals surface area contributed by atoms with Gasteiger partial charge in [0.15, 0.2) is 0 Å². The molecule has 4 aromatic rings.